The van der Waals surface area contributed by atoms with Crippen molar-refractivity contribution in [1.82, 2.24) is 10.6 Å². The Morgan fingerprint density at radius 1 is 1.21 bits per heavy atom. The third kappa shape index (κ3) is 5.49. The Balaban J connectivity index is 2.32. The first-order valence-electron chi connectivity index (χ1n) is 7.20. The van der Waals surface area contributed by atoms with Gasteiger partial charge in [0.05, 0.1) is 5.92 Å². The zero-order chi connectivity index (χ0) is 14.4. The molecule has 0 aliphatic heterocycles. The predicted molar refractivity (Wildman–Crippen MR) is 74.0 cm³/mol. The van der Waals surface area contributed by atoms with E-state index >= 15 is 0 Å². The summed E-state index contributed by atoms with van der Waals surface area (Å²) in [5, 5.41) is 14.7. The molecule has 1 fully saturated rings. The van der Waals surface area contributed by atoms with Crippen molar-refractivity contribution in [2.24, 2.45) is 11.8 Å². The quantitative estimate of drug-likeness (QED) is 0.693. The van der Waals surface area contributed by atoms with E-state index in [1.54, 1.807) is 0 Å². The number of nitrogens with one attached hydrogen (secondary N) is 2. The van der Waals surface area contributed by atoms with Gasteiger partial charge in [-0.3, -0.25) is 4.79 Å². The number of hydrogen-bond donors (Lipinski definition) is 3. The first kappa shape index (κ1) is 15.8. The van der Waals surface area contributed by atoms with Gasteiger partial charge in [0.25, 0.3) is 0 Å². The van der Waals surface area contributed by atoms with Crippen molar-refractivity contribution in [3.8, 4) is 0 Å². The van der Waals surface area contributed by atoms with Crippen LogP contribution in [-0.4, -0.2) is 29.2 Å². The molecule has 0 aromatic carbocycles. The van der Waals surface area contributed by atoms with Crippen LogP contribution < -0.4 is 10.6 Å². The molecule has 1 rings (SSSR count). The molecule has 3 unspecified atom stereocenters. The van der Waals surface area contributed by atoms with Crippen molar-refractivity contribution in [3.05, 3.63) is 0 Å². The van der Waals surface area contributed by atoms with E-state index in [2.05, 4.69) is 24.5 Å². The maximum absolute atomic E-state index is 11.8. The molecule has 0 radical (unpaired) electrons. The zero-order valence-electron chi connectivity index (χ0n) is 12.1. The molecule has 0 heterocycles. The summed E-state index contributed by atoms with van der Waals surface area (Å²) in [5.74, 6) is -0.620. The average Bonchev–Trinajstić information content (AvgIpc) is 2.74. The molecule has 3 atom stereocenters. The number of carbonyl (C=O) groups excluding carboxylic acids is 1. The number of urea groups is 1. The molecule has 2 amide bonds. The van der Waals surface area contributed by atoms with E-state index in [1.807, 2.05) is 6.92 Å². The molecule has 19 heavy (non-hydrogen) atoms. The number of carboxylic acid groups (broad SMARTS) is 1. The first-order chi connectivity index (χ1) is 8.90. The maximum atomic E-state index is 11.8. The summed E-state index contributed by atoms with van der Waals surface area (Å²) in [6.45, 7) is 6.29. The summed E-state index contributed by atoms with van der Waals surface area (Å²) >= 11 is 0. The van der Waals surface area contributed by atoms with Crippen LogP contribution in [0.5, 0.6) is 0 Å². The van der Waals surface area contributed by atoms with Crippen LogP contribution in [0.3, 0.4) is 0 Å². The van der Waals surface area contributed by atoms with Crippen LogP contribution in [0, 0.1) is 11.8 Å². The summed E-state index contributed by atoms with van der Waals surface area (Å²) in [6.07, 6.45) is 4.29. The van der Waals surface area contributed by atoms with E-state index in [-0.39, 0.29) is 18.1 Å². The van der Waals surface area contributed by atoms with Crippen LogP contribution in [0.4, 0.5) is 4.79 Å². The second kappa shape index (κ2) is 7.36. The summed E-state index contributed by atoms with van der Waals surface area (Å²) < 4.78 is 0. The molecule has 110 valence electrons. The number of aliphatic carboxylic acids is 1. The topological polar surface area (TPSA) is 78.4 Å². The van der Waals surface area contributed by atoms with Gasteiger partial charge in [-0.05, 0) is 38.5 Å². The minimum absolute atomic E-state index is 0.118. The van der Waals surface area contributed by atoms with Crippen LogP contribution >= 0.6 is 0 Å². The van der Waals surface area contributed by atoms with Crippen molar-refractivity contribution in [2.45, 2.75) is 65.0 Å². The summed E-state index contributed by atoms with van der Waals surface area (Å²) in [4.78, 5) is 22.8. The van der Waals surface area contributed by atoms with Crippen molar-refractivity contribution in [1.29, 1.82) is 0 Å². The first-order valence-corrected chi connectivity index (χ1v) is 7.20. The fourth-order valence-electron chi connectivity index (χ4n) is 2.52. The van der Waals surface area contributed by atoms with Gasteiger partial charge < -0.3 is 15.7 Å². The second-order valence-electron chi connectivity index (χ2n) is 5.97. The molecule has 0 bridgehead atoms. The minimum atomic E-state index is -0.810. The van der Waals surface area contributed by atoms with Crippen molar-refractivity contribution in [2.75, 3.05) is 0 Å². The summed E-state index contributed by atoms with van der Waals surface area (Å²) in [7, 11) is 0. The van der Waals surface area contributed by atoms with Gasteiger partial charge in [-0.2, -0.15) is 0 Å². The zero-order valence-corrected chi connectivity index (χ0v) is 12.1. The fraction of sp³-hybridized carbons (Fsp3) is 0.857. The van der Waals surface area contributed by atoms with Crippen LogP contribution in [0.2, 0.25) is 0 Å². The van der Waals surface area contributed by atoms with E-state index in [0.717, 1.165) is 25.7 Å². The van der Waals surface area contributed by atoms with Crippen LogP contribution in [0.25, 0.3) is 0 Å². The highest BCUT2D eigenvalue weighted by atomic mass is 16.4. The van der Waals surface area contributed by atoms with Crippen molar-refractivity contribution in [3.63, 3.8) is 0 Å². The van der Waals surface area contributed by atoms with Crippen LogP contribution in [0.1, 0.15) is 52.9 Å². The third-order valence-corrected chi connectivity index (χ3v) is 3.70. The average molecular weight is 270 g/mol. The largest absolute Gasteiger partial charge is 0.481 e. The van der Waals surface area contributed by atoms with E-state index in [1.165, 1.54) is 0 Å². The third-order valence-electron chi connectivity index (χ3n) is 3.70. The molecule has 5 heteroatoms. The summed E-state index contributed by atoms with van der Waals surface area (Å²) in [6, 6.07) is -0.351. The molecule has 1 aliphatic carbocycles. The molecular formula is C14H26N2O3. The molecule has 0 aromatic rings. The number of carboxylic acids is 1. The molecule has 3 N–H and O–H groups in total. The molecular weight excluding hydrogens is 244 g/mol. The van der Waals surface area contributed by atoms with Gasteiger partial charge in [0.15, 0.2) is 0 Å². The maximum Gasteiger partial charge on any atom is 0.315 e. The Kier molecular flexibility index (Phi) is 6.12. The molecule has 0 saturated heterocycles. The van der Waals surface area contributed by atoms with Gasteiger partial charge in [0, 0.05) is 12.1 Å². The number of carbonyl (C=O) groups is 2. The van der Waals surface area contributed by atoms with E-state index in [9.17, 15) is 9.59 Å². The van der Waals surface area contributed by atoms with Gasteiger partial charge in [-0.1, -0.05) is 20.3 Å². The van der Waals surface area contributed by atoms with Gasteiger partial charge in [-0.25, -0.2) is 4.79 Å². The van der Waals surface area contributed by atoms with Crippen LogP contribution in [-0.2, 0) is 4.79 Å². The highest BCUT2D eigenvalue weighted by Gasteiger charge is 2.33. The number of amides is 2. The Hall–Kier alpha value is -1.26. The second-order valence-corrected chi connectivity index (χ2v) is 5.97. The standard InChI is InChI=1S/C14H26N2O3/c1-9(2)7-8-10(3)15-14(19)16-12-6-4-5-11(12)13(17)18/h9-12H,4-8H2,1-3H3,(H,17,18)(H2,15,16,19). The lowest BCUT2D eigenvalue weighted by Gasteiger charge is -2.20. The minimum Gasteiger partial charge on any atom is -0.481 e. The van der Waals surface area contributed by atoms with E-state index < -0.39 is 11.9 Å². The van der Waals surface area contributed by atoms with Crippen LogP contribution in [0.15, 0.2) is 0 Å². The lowest BCUT2D eigenvalue weighted by molar-refractivity contribution is -0.142. The Morgan fingerprint density at radius 2 is 1.89 bits per heavy atom. The molecule has 0 spiro atoms. The number of rotatable bonds is 6. The van der Waals surface area contributed by atoms with Gasteiger partial charge in [0.1, 0.15) is 0 Å². The highest BCUT2D eigenvalue weighted by Crippen LogP contribution is 2.25. The van der Waals surface area contributed by atoms with Gasteiger partial charge in [-0.15, -0.1) is 0 Å². The molecule has 1 aliphatic rings. The number of hydrogen-bond acceptors (Lipinski definition) is 2. The monoisotopic (exact) mass is 270 g/mol. The fourth-order valence-corrected chi connectivity index (χ4v) is 2.52. The Bertz CT molecular complexity index is 318. The van der Waals surface area contributed by atoms with Crippen molar-refractivity contribution < 1.29 is 14.7 Å². The predicted octanol–water partition coefficient (Wildman–Crippen LogP) is 2.36. The van der Waals surface area contributed by atoms with Gasteiger partial charge in [0.2, 0.25) is 0 Å². The molecule has 5 nitrogen and oxygen atoms in total. The van der Waals surface area contributed by atoms with E-state index in [0.29, 0.717) is 12.3 Å². The Morgan fingerprint density at radius 3 is 2.47 bits per heavy atom. The lowest BCUT2D eigenvalue weighted by Crippen LogP contribution is -2.47. The lowest BCUT2D eigenvalue weighted by atomic mass is 10.0. The van der Waals surface area contributed by atoms with Crippen molar-refractivity contribution >= 4 is 12.0 Å². The molecule has 0 aromatic heterocycles. The van der Waals surface area contributed by atoms with E-state index in [4.69, 9.17) is 5.11 Å². The SMILES string of the molecule is CC(C)CCC(C)NC(=O)NC1CCCC1C(=O)O. The molecule has 1 saturated carbocycles. The summed E-state index contributed by atoms with van der Waals surface area (Å²) in [5.41, 5.74) is 0. The smallest absolute Gasteiger partial charge is 0.315 e. The van der Waals surface area contributed by atoms with Gasteiger partial charge >= 0.3 is 12.0 Å². The Labute approximate surface area is 115 Å². The normalized spacial score (nSPS) is 24.2. The highest BCUT2D eigenvalue weighted by molar-refractivity contribution is 5.77.